The van der Waals surface area contributed by atoms with Crippen LogP contribution in [0.4, 0.5) is 0 Å². The standard InChI is InChI=1S/C19H15NO.C2H4O2/c1-21-14-18-6-2-5-17-10-9-15(12-19(17)18)7-8-16-4-3-11-20-13-16;1-2(3)4/h2-5,9-14H,6H2,1H3;1H3,(H,3,4). The molecule has 2 aromatic rings. The molecule has 126 valence electrons. The molecule has 0 spiro atoms. The quantitative estimate of drug-likeness (QED) is 0.633. The van der Waals surface area contributed by atoms with Crippen molar-refractivity contribution in [1.29, 1.82) is 0 Å². The van der Waals surface area contributed by atoms with E-state index in [4.69, 9.17) is 14.6 Å². The summed E-state index contributed by atoms with van der Waals surface area (Å²) in [6, 6.07) is 10.1. The monoisotopic (exact) mass is 333 g/mol. The molecule has 1 aliphatic carbocycles. The number of carboxylic acids is 1. The summed E-state index contributed by atoms with van der Waals surface area (Å²) in [7, 11) is 1.68. The van der Waals surface area contributed by atoms with E-state index >= 15 is 0 Å². The number of carbonyl (C=O) groups is 1. The molecule has 1 heterocycles. The van der Waals surface area contributed by atoms with Crippen molar-refractivity contribution >= 4 is 17.6 Å². The number of hydrogen-bond acceptors (Lipinski definition) is 3. The summed E-state index contributed by atoms with van der Waals surface area (Å²) < 4.78 is 5.17. The molecule has 0 radical (unpaired) electrons. The van der Waals surface area contributed by atoms with Crippen LogP contribution in [0.1, 0.15) is 35.6 Å². The van der Waals surface area contributed by atoms with Gasteiger partial charge in [-0.15, -0.1) is 0 Å². The average Bonchev–Trinajstić information content (AvgIpc) is 2.61. The first kappa shape index (κ1) is 18.0. The number of benzene rings is 1. The fourth-order valence-electron chi connectivity index (χ4n) is 2.32. The van der Waals surface area contributed by atoms with Gasteiger partial charge in [-0.3, -0.25) is 9.78 Å². The van der Waals surface area contributed by atoms with Crippen molar-refractivity contribution in [3.8, 4) is 11.8 Å². The van der Waals surface area contributed by atoms with Crippen LogP contribution in [0.3, 0.4) is 0 Å². The molecule has 1 aromatic heterocycles. The third-order valence-electron chi connectivity index (χ3n) is 3.31. The number of nitrogens with zero attached hydrogens (tertiary/aromatic N) is 1. The maximum absolute atomic E-state index is 9.00. The SMILES string of the molecule is CC(=O)O.COC=C1CC=Cc2ccc(C#Cc3cccnc3)cc21. The lowest BCUT2D eigenvalue weighted by atomic mass is 9.91. The summed E-state index contributed by atoms with van der Waals surface area (Å²) in [4.78, 5) is 13.1. The Morgan fingerprint density at radius 1 is 1.28 bits per heavy atom. The highest BCUT2D eigenvalue weighted by Crippen LogP contribution is 2.29. The van der Waals surface area contributed by atoms with Crippen LogP contribution in [-0.2, 0) is 9.53 Å². The molecule has 0 atom stereocenters. The average molecular weight is 333 g/mol. The number of fused-ring (bicyclic) bond motifs is 1. The zero-order chi connectivity index (χ0) is 18.1. The van der Waals surface area contributed by atoms with E-state index in [1.807, 2.05) is 18.2 Å². The molecule has 1 aromatic carbocycles. The van der Waals surface area contributed by atoms with E-state index in [1.165, 1.54) is 16.7 Å². The lowest BCUT2D eigenvalue weighted by molar-refractivity contribution is -0.134. The van der Waals surface area contributed by atoms with Crippen molar-refractivity contribution in [3.63, 3.8) is 0 Å². The molecule has 0 amide bonds. The molecular weight excluding hydrogens is 314 g/mol. The van der Waals surface area contributed by atoms with E-state index in [0.29, 0.717) is 0 Å². The summed E-state index contributed by atoms with van der Waals surface area (Å²) in [6.07, 6.45) is 10.5. The Hall–Kier alpha value is -3.32. The van der Waals surface area contributed by atoms with Crippen LogP contribution < -0.4 is 0 Å². The lowest BCUT2D eigenvalue weighted by Gasteiger charge is -2.14. The van der Waals surface area contributed by atoms with Crippen molar-refractivity contribution in [3.05, 3.63) is 77.3 Å². The van der Waals surface area contributed by atoms with Crippen LogP contribution in [-0.4, -0.2) is 23.2 Å². The van der Waals surface area contributed by atoms with Gasteiger partial charge in [0, 0.05) is 30.4 Å². The van der Waals surface area contributed by atoms with Gasteiger partial charge in [0.1, 0.15) is 0 Å². The third kappa shape index (κ3) is 5.67. The number of ether oxygens (including phenoxy) is 1. The summed E-state index contributed by atoms with van der Waals surface area (Å²) in [5.74, 6) is 5.49. The van der Waals surface area contributed by atoms with Crippen LogP contribution in [0.15, 0.2) is 55.1 Å². The fraction of sp³-hybridized carbons (Fsp3) is 0.143. The normalized spacial score (nSPS) is 13.0. The summed E-state index contributed by atoms with van der Waals surface area (Å²) in [5.41, 5.74) is 5.49. The summed E-state index contributed by atoms with van der Waals surface area (Å²) >= 11 is 0. The first-order valence-corrected chi connectivity index (χ1v) is 7.74. The highest BCUT2D eigenvalue weighted by Gasteiger charge is 2.10. The Morgan fingerprint density at radius 2 is 2.04 bits per heavy atom. The van der Waals surface area contributed by atoms with E-state index in [9.17, 15) is 0 Å². The number of methoxy groups -OCH3 is 1. The molecular formula is C21H19NO3. The van der Waals surface area contributed by atoms with Crippen LogP contribution in [0.25, 0.3) is 11.6 Å². The minimum atomic E-state index is -0.833. The molecule has 0 aliphatic heterocycles. The predicted molar refractivity (Wildman–Crippen MR) is 98.6 cm³/mol. The van der Waals surface area contributed by atoms with E-state index in [1.54, 1.807) is 25.8 Å². The van der Waals surface area contributed by atoms with Crippen molar-refractivity contribution in [2.24, 2.45) is 0 Å². The lowest BCUT2D eigenvalue weighted by Crippen LogP contribution is -1.95. The van der Waals surface area contributed by atoms with Gasteiger partial charge in [-0.05, 0) is 47.4 Å². The van der Waals surface area contributed by atoms with Crippen molar-refractivity contribution in [2.45, 2.75) is 13.3 Å². The maximum atomic E-state index is 9.00. The van der Waals surface area contributed by atoms with Crippen molar-refractivity contribution in [2.75, 3.05) is 7.11 Å². The van der Waals surface area contributed by atoms with Gasteiger partial charge in [0.15, 0.2) is 0 Å². The number of carboxylic acid groups (broad SMARTS) is 1. The zero-order valence-electron chi connectivity index (χ0n) is 14.2. The van der Waals surface area contributed by atoms with Gasteiger partial charge in [0.2, 0.25) is 0 Å². The second-order valence-corrected chi connectivity index (χ2v) is 5.30. The van der Waals surface area contributed by atoms with Gasteiger partial charge in [-0.2, -0.15) is 0 Å². The number of pyridine rings is 1. The second-order valence-electron chi connectivity index (χ2n) is 5.30. The van der Waals surface area contributed by atoms with E-state index in [0.717, 1.165) is 24.5 Å². The fourth-order valence-corrected chi connectivity index (χ4v) is 2.32. The molecule has 0 fully saturated rings. The minimum absolute atomic E-state index is 0.833. The number of aromatic nitrogens is 1. The van der Waals surface area contributed by atoms with Gasteiger partial charge >= 0.3 is 0 Å². The van der Waals surface area contributed by atoms with Crippen LogP contribution in [0.2, 0.25) is 0 Å². The predicted octanol–water partition coefficient (Wildman–Crippen LogP) is 3.98. The zero-order valence-corrected chi connectivity index (χ0v) is 14.2. The number of rotatable bonds is 1. The molecule has 25 heavy (non-hydrogen) atoms. The molecule has 1 aliphatic rings. The highest BCUT2D eigenvalue weighted by atomic mass is 16.5. The molecule has 0 bridgehead atoms. The molecule has 4 heteroatoms. The summed E-state index contributed by atoms with van der Waals surface area (Å²) in [5, 5.41) is 7.42. The van der Waals surface area contributed by atoms with Gasteiger partial charge < -0.3 is 9.84 Å². The first-order chi connectivity index (χ1) is 12.1. The van der Waals surface area contributed by atoms with Crippen LogP contribution in [0, 0.1) is 11.8 Å². The first-order valence-electron chi connectivity index (χ1n) is 7.74. The number of allylic oxidation sites excluding steroid dienone is 2. The van der Waals surface area contributed by atoms with Crippen LogP contribution >= 0.6 is 0 Å². The Balaban J connectivity index is 0.000000511. The topological polar surface area (TPSA) is 59.4 Å². The molecule has 0 saturated heterocycles. The molecule has 0 saturated carbocycles. The van der Waals surface area contributed by atoms with Crippen LogP contribution in [0.5, 0.6) is 0 Å². The van der Waals surface area contributed by atoms with Gasteiger partial charge in [-0.25, -0.2) is 0 Å². The molecule has 3 rings (SSSR count). The van der Waals surface area contributed by atoms with Gasteiger partial charge in [-0.1, -0.05) is 30.1 Å². The molecule has 1 N–H and O–H groups in total. The third-order valence-corrected chi connectivity index (χ3v) is 3.31. The Labute approximate surface area is 147 Å². The van der Waals surface area contributed by atoms with E-state index in [2.05, 4.69) is 41.1 Å². The van der Waals surface area contributed by atoms with E-state index in [-0.39, 0.29) is 0 Å². The summed E-state index contributed by atoms with van der Waals surface area (Å²) in [6.45, 7) is 1.08. The number of aliphatic carboxylic acids is 1. The minimum Gasteiger partial charge on any atom is -0.504 e. The van der Waals surface area contributed by atoms with Gasteiger partial charge in [0.25, 0.3) is 5.97 Å². The molecule has 0 unspecified atom stereocenters. The number of hydrogen-bond donors (Lipinski definition) is 1. The molecule has 4 nitrogen and oxygen atoms in total. The highest BCUT2D eigenvalue weighted by molar-refractivity contribution is 5.79. The Bertz CT molecular complexity index is 852. The Morgan fingerprint density at radius 3 is 2.72 bits per heavy atom. The second kappa shape index (κ2) is 9.09. The Kier molecular flexibility index (Phi) is 6.56. The smallest absolute Gasteiger partial charge is 0.300 e. The van der Waals surface area contributed by atoms with Gasteiger partial charge in [0.05, 0.1) is 13.4 Å². The maximum Gasteiger partial charge on any atom is 0.300 e. The van der Waals surface area contributed by atoms with Crippen molar-refractivity contribution in [1.82, 2.24) is 4.98 Å². The largest absolute Gasteiger partial charge is 0.504 e. The van der Waals surface area contributed by atoms with E-state index < -0.39 is 5.97 Å². The van der Waals surface area contributed by atoms with Crippen molar-refractivity contribution < 1.29 is 14.6 Å².